The first kappa shape index (κ1) is 25.2. The highest BCUT2D eigenvalue weighted by molar-refractivity contribution is 7.89. The minimum Gasteiger partial charge on any atom is -0.497 e. The molecule has 2 aromatic carbocycles. The molecular formula is C25H34N2O5S. The summed E-state index contributed by atoms with van der Waals surface area (Å²) in [5.74, 6) is 1.10. The highest BCUT2D eigenvalue weighted by Crippen LogP contribution is 2.18. The predicted molar refractivity (Wildman–Crippen MR) is 128 cm³/mol. The molecule has 0 atom stereocenters. The SMILES string of the molecule is COc1ccc(CN(Cc2ccc(CO)cc2)C(=O)CCCCCN2CCCS2(=O)=O)cc1. The summed E-state index contributed by atoms with van der Waals surface area (Å²) >= 11 is 0. The largest absolute Gasteiger partial charge is 0.497 e. The van der Waals surface area contributed by atoms with Crippen molar-refractivity contribution in [3.8, 4) is 5.75 Å². The van der Waals surface area contributed by atoms with E-state index < -0.39 is 10.0 Å². The Morgan fingerprint density at radius 1 is 0.970 bits per heavy atom. The van der Waals surface area contributed by atoms with Crippen molar-refractivity contribution in [3.63, 3.8) is 0 Å². The van der Waals surface area contributed by atoms with Gasteiger partial charge in [0, 0.05) is 32.6 Å². The lowest BCUT2D eigenvalue weighted by Crippen LogP contribution is -2.30. The van der Waals surface area contributed by atoms with Crippen LogP contribution in [0.1, 0.15) is 48.8 Å². The fraction of sp³-hybridized carbons (Fsp3) is 0.480. The van der Waals surface area contributed by atoms with Crippen LogP contribution in [0.25, 0.3) is 0 Å². The first-order valence-electron chi connectivity index (χ1n) is 11.5. The number of hydrogen-bond donors (Lipinski definition) is 1. The first-order chi connectivity index (χ1) is 15.9. The number of methoxy groups -OCH3 is 1. The first-order valence-corrected chi connectivity index (χ1v) is 13.1. The Balaban J connectivity index is 1.55. The van der Waals surface area contributed by atoms with Crippen LogP contribution in [-0.4, -0.2) is 54.6 Å². The number of nitrogens with zero attached hydrogens (tertiary/aromatic N) is 2. The molecule has 1 saturated heterocycles. The van der Waals surface area contributed by atoms with E-state index in [1.54, 1.807) is 11.4 Å². The topological polar surface area (TPSA) is 87.2 Å². The van der Waals surface area contributed by atoms with Gasteiger partial charge in [0.2, 0.25) is 15.9 Å². The smallest absolute Gasteiger partial charge is 0.223 e. The Hall–Kier alpha value is -2.42. The number of unbranched alkanes of at least 4 members (excludes halogenated alkanes) is 2. The lowest BCUT2D eigenvalue weighted by atomic mass is 10.1. The van der Waals surface area contributed by atoms with Crippen molar-refractivity contribution in [1.29, 1.82) is 0 Å². The van der Waals surface area contributed by atoms with Crippen LogP contribution >= 0.6 is 0 Å². The highest BCUT2D eigenvalue weighted by Gasteiger charge is 2.27. The summed E-state index contributed by atoms with van der Waals surface area (Å²) in [6.07, 6.45) is 3.46. The van der Waals surface area contributed by atoms with Gasteiger partial charge in [0.25, 0.3) is 0 Å². The van der Waals surface area contributed by atoms with Crippen molar-refractivity contribution >= 4 is 15.9 Å². The number of aliphatic hydroxyl groups is 1. The lowest BCUT2D eigenvalue weighted by Gasteiger charge is -2.23. The number of benzene rings is 2. The number of carbonyl (C=O) groups excluding carboxylic acids is 1. The molecule has 2 aromatic rings. The van der Waals surface area contributed by atoms with Crippen LogP contribution in [0, 0.1) is 0 Å². The van der Waals surface area contributed by atoms with E-state index in [1.165, 1.54) is 0 Å². The van der Waals surface area contributed by atoms with Crippen LogP contribution in [0.3, 0.4) is 0 Å². The van der Waals surface area contributed by atoms with E-state index in [-0.39, 0.29) is 18.3 Å². The van der Waals surface area contributed by atoms with Crippen molar-refractivity contribution in [2.45, 2.75) is 51.8 Å². The molecule has 180 valence electrons. The fourth-order valence-corrected chi connectivity index (χ4v) is 5.56. The van der Waals surface area contributed by atoms with Crippen molar-refractivity contribution in [2.75, 3.05) is 26.0 Å². The molecule has 3 rings (SSSR count). The predicted octanol–water partition coefficient (Wildman–Crippen LogP) is 3.31. The van der Waals surface area contributed by atoms with Gasteiger partial charge >= 0.3 is 0 Å². The number of rotatable bonds is 12. The van der Waals surface area contributed by atoms with Gasteiger partial charge in [-0.15, -0.1) is 0 Å². The zero-order valence-electron chi connectivity index (χ0n) is 19.3. The second kappa shape index (κ2) is 12.2. The summed E-state index contributed by atoms with van der Waals surface area (Å²) in [4.78, 5) is 14.9. The van der Waals surface area contributed by atoms with E-state index >= 15 is 0 Å². The summed E-state index contributed by atoms with van der Waals surface area (Å²) < 4.78 is 30.6. The van der Waals surface area contributed by atoms with Crippen LogP contribution in [-0.2, 0) is 34.5 Å². The minimum absolute atomic E-state index is 0.00645. The van der Waals surface area contributed by atoms with Crippen molar-refractivity contribution in [1.82, 2.24) is 9.21 Å². The molecular weight excluding hydrogens is 440 g/mol. The molecule has 0 spiro atoms. The Morgan fingerprint density at radius 2 is 1.58 bits per heavy atom. The summed E-state index contributed by atoms with van der Waals surface area (Å²) in [7, 11) is -1.42. The third-order valence-corrected chi connectivity index (χ3v) is 7.92. The molecule has 0 saturated carbocycles. The number of ether oxygens (including phenoxy) is 1. The monoisotopic (exact) mass is 474 g/mol. The average molecular weight is 475 g/mol. The van der Waals surface area contributed by atoms with E-state index in [2.05, 4.69) is 0 Å². The number of hydrogen-bond acceptors (Lipinski definition) is 5. The summed E-state index contributed by atoms with van der Waals surface area (Å²) in [6.45, 7) is 2.14. The second-order valence-electron chi connectivity index (χ2n) is 8.45. The Labute approximate surface area is 197 Å². The lowest BCUT2D eigenvalue weighted by molar-refractivity contribution is -0.132. The van der Waals surface area contributed by atoms with Gasteiger partial charge in [0.05, 0.1) is 19.5 Å². The third kappa shape index (κ3) is 7.55. The van der Waals surface area contributed by atoms with Crippen LogP contribution in [0.15, 0.2) is 48.5 Å². The zero-order valence-corrected chi connectivity index (χ0v) is 20.1. The normalized spacial score (nSPS) is 15.5. The Bertz CT molecular complexity index is 941. The molecule has 7 nitrogen and oxygen atoms in total. The van der Waals surface area contributed by atoms with Crippen LogP contribution < -0.4 is 4.74 Å². The van der Waals surface area contributed by atoms with E-state index in [1.807, 2.05) is 53.4 Å². The van der Waals surface area contributed by atoms with Crippen molar-refractivity contribution in [3.05, 3.63) is 65.2 Å². The van der Waals surface area contributed by atoms with Gasteiger partial charge in [-0.05, 0) is 48.1 Å². The molecule has 0 unspecified atom stereocenters. The van der Waals surface area contributed by atoms with Crippen LogP contribution in [0.4, 0.5) is 0 Å². The van der Waals surface area contributed by atoms with Gasteiger partial charge in [0.15, 0.2) is 0 Å². The van der Waals surface area contributed by atoms with Crippen LogP contribution in [0.5, 0.6) is 5.75 Å². The molecule has 1 aliphatic heterocycles. The second-order valence-corrected chi connectivity index (χ2v) is 10.5. The molecule has 8 heteroatoms. The maximum absolute atomic E-state index is 13.1. The Kier molecular flexibility index (Phi) is 9.29. The summed E-state index contributed by atoms with van der Waals surface area (Å²) in [6, 6.07) is 15.3. The number of carbonyl (C=O) groups is 1. The van der Waals surface area contributed by atoms with Crippen LogP contribution in [0.2, 0.25) is 0 Å². The maximum Gasteiger partial charge on any atom is 0.223 e. The Morgan fingerprint density at radius 3 is 2.12 bits per heavy atom. The van der Waals surface area contributed by atoms with Gasteiger partial charge < -0.3 is 14.7 Å². The van der Waals surface area contributed by atoms with Gasteiger partial charge in [-0.3, -0.25) is 4.79 Å². The van der Waals surface area contributed by atoms with E-state index in [9.17, 15) is 18.3 Å². The van der Waals surface area contributed by atoms with Gasteiger partial charge in [-0.2, -0.15) is 0 Å². The molecule has 1 aliphatic rings. The molecule has 1 N–H and O–H groups in total. The minimum atomic E-state index is -3.05. The van der Waals surface area contributed by atoms with E-state index in [0.717, 1.165) is 41.7 Å². The molecule has 0 aromatic heterocycles. The van der Waals surface area contributed by atoms with E-state index in [0.29, 0.717) is 39.0 Å². The number of aliphatic hydroxyl groups excluding tert-OH is 1. The third-order valence-electron chi connectivity index (χ3n) is 5.97. The number of amides is 1. The summed E-state index contributed by atoms with van der Waals surface area (Å²) in [5, 5.41) is 9.26. The molecule has 1 heterocycles. The highest BCUT2D eigenvalue weighted by atomic mass is 32.2. The molecule has 33 heavy (non-hydrogen) atoms. The van der Waals surface area contributed by atoms with Crippen molar-refractivity contribution < 1.29 is 23.1 Å². The van der Waals surface area contributed by atoms with E-state index in [4.69, 9.17) is 4.74 Å². The maximum atomic E-state index is 13.1. The quantitative estimate of drug-likeness (QED) is 0.477. The van der Waals surface area contributed by atoms with Gasteiger partial charge in [-0.25, -0.2) is 12.7 Å². The van der Waals surface area contributed by atoms with Gasteiger partial charge in [-0.1, -0.05) is 42.8 Å². The fourth-order valence-electron chi connectivity index (χ4n) is 4.00. The zero-order chi connectivity index (χ0) is 23.7. The van der Waals surface area contributed by atoms with Gasteiger partial charge in [0.1, 0.15) is 5.75 Å². The molecule has 1 fully saturated rings. The molecule has 0 aliphatic carbocycles. The number of sulfonamides is 1. The standard InChI is InChI=1S/C25H34N2O5S/c1-32-24-13-11-22(12-14-24)19-26(18-21-7-9-23(20-28)10-8-21)25(29)6-3-2-4-15-27-16-5-17-33(27,30)31/h7-14,28H,2-6,15-20H2,1H3. The molecule has 1 amide bonds. The molecule has 0 radical (unpaired) electrons. The molecule has 0 bridgehead atoms. The van der Waals surface area contributed by atoms with Crippen molar-refractivity contribution in [2.24, 2.45) is 0 Å². The summed E-state index contributed by atoms with van der Waals surface area (Å²) in [5.41, 5.74) is 2.87. The average Bonchev–Trinajstić information content (AvgIpc) is 3.17.